The molecule has 0 aromatic heterocycles. The van der Waals surface area contributed by atoms with Crippen LogP contribution in [0.4, 0.5) is 0 Å². The van der Waals surface area contributed by atoms with E-state index in [0.717, 1.165) is 31.2 Å². The summed E-state index contributed by atoms with van der Waals surface area (Å²) in [6.45, 7) is -0.129. The molecule has 110 valence electrons. The van der Waals surface area contributed by atoms with Gasteiger partial charge in [-0.05, 0) is 18.4 Å². The highest BCUT2D eigenvalue weighted by molar-refractivity contribution is 5.19. The summed E-state index contributed by atoms with van der Waals surface area (Å²) >= 11 is 0. The molecule has 0 unspecified atom stereocenters. The van der Waals surface area contributed by atoms with Gasteiger partial charge < -0.3 is 19.7 Å². The molecule has 0 radical (unpaired) electrons. The second-order valence-corrected chi connectivity index (χ2v) is 5.75. The smallest absolute Gasteiger partial charge is 0.169 e. The minimum absolute atomic E-state index is 0.129. The summed E-state index contributed by atoms with van der Waals surface area (Å²) < 4.78 is 12.0. The largest absolute Gasteiger partial charge is 0.394 e. The van der Waals surface area contributed by atoms with Crippen molar-refractivity contribution in [1.29, 1.82) is 0 Å². The highest BCUT2D eigenvalue weighted by atomic mass is 16.8. The van der Waals surface area contributed by atoms with Crippen LogP contribution in [0.2, 0.25) is 0 Å². The van der Waals surface area contributed by atoms with Gasteiger partial charge in [-0.2, -0.15) is 0 Å². The summed E-state index contributed by atoms with van der Waals surface area (Å²) in [6.07, 6.45) is 3.32. The molecule has 2 N–H and O–H groups in total. The van der Waals surface area contributed by atoms with Crippen LogP contribution in [-0.4, -0.2) is 34.8 Å². The van der Waals surface area contributed by atoms with Crippen molar-refractivity contribution in [2.24, 2.45) is 0 Å². The molecule has 2 fully saturated rings. The Morgan fingerprint density at radius 2 is 1.80 bits per heavy atom. The van der Waals surface area contributed by atoms with Crippen molar-refractivity contribution in [3.8, 4) is 0 Å². The Hall–Kier alpha value is -0.940. The summed E-state index contributed by atoms with van der Waals surface area (Å²) in [5.74, 6) is -0.591. The molecule has 1 heterocycles. The maximum Gasteiger partial charge on any atom is 0.169 e. The SMILES string of the molecule is OC[C@@H]1OC2(CCCCC2)O[C@@H]1[C@@H](O)c1ccccc1. The Balaban J connectivity index is 1.78. The molecule has 1 saturated heterocycles. The molecular formula is C16H22O4. The summed E-state index contributed by atoms with van der Waals surface area (Å²) in [7, 11) is 0. The summed E-state index contributed by atoms with van der Waals surface area (Å²) in [5.41, 5.74) is 0.799. The lowest BCUT2D eigenvalue weighted by molar-refractivity contribution is -0.202. The van der Waals surface area contributed by atoms with E-state index in [2.05, 4.69) is 0 Å². The van der Waals surface area contributed by atoms with Crippen molar-refractivity contribution in [2.45, 2.75) is 56.2 Å². The van der Waals surface area contributed by atoms with Gasteiger partial charge in [0.25, 0.3) is 0 Å². The van der Waals surface area contributed by atoms with Crippen molar-refractivity contribution in [3.05, 3.63) is 35.9 Å². The number of aliphatic hydroxyl groups excluding tert-OH is 2. The predicted molar refractivity (Wildman–Crippen MR) is 74.0 cm³/mol. The van der Waals surface area contributed by atoms with Crippen molar-refractivity contribution < 1.29 is 19.7 Å². The van der Waals surface area contributed by atoms with E-state index in [0.29, 0.717) is 0 Å². The van der Waals surface area contributed by atoms with Crippen LogP contribution in [0, 0.1) is 0 Å². The van der Waals surface area contributed by atoms with Crippen LogP contribution in [0.3, 0.4) is 0 Å². The van der Waals surface area contributed by atoms with Gasteiger partial charge in [0.05, 0.1) is 6.61 Å². The third-order valence-corrected chi connectivity index (χ3v) is 4.33. The lowest BCUT2D eigenvalue weighted by atomic mass is 9.94. The second kappa shape index (κ2) is 5.82. The highest BCUT2D eigenvalue weighted by Crippen LogP contribution is 2.43. The average Bonchev–Trinajstić information content (AvgIpc) is 2.86. The van der Waals surface area contributed by atoms with Gasteiger partial charge in [-0.15, -0.1) is 0 Å². The number of aliphatic hydroxyl groups is 2. The first kappa shape index (κ1) is 14.0. The van der Waals surface area contributed by atoms with Crippen LogP contribution in [0.25, 0.3) is 0 Å². The first-order valence-electron chi connectivity index (χ1n) is 7.44. The van der Waals surface area contributed by atoms with Crippen LogP contribution >= 0.6 is 0 Å². The zero-order chi connectivity index (χ0) is 14.0. The molecular weight excluding hydrogens is 256 g/mol. The van der Waals surface area contributed by atoms with Gasteiger partial charge in [0, 0.05) is 12.8 Å². The minimum Gasteiger partial charge on any atom is -0.394 e. The Morgan fingerprint density at radius 1 is 1.10 bits per heavy atom. The molecule has 4 heteroatoms. The van der Waals surface area contributed by atoms with Crippen LogP contribution in [0.15, 0.2) is 30.3 Å². The van der Waals surface area contributed by atoms with E-state index < -0.39 is 24.1 Å². The molecule has 20 heavy (non-hydrogen) atoms. The van der Waals surface area contributed by atoms with Crippen molar-refractivity contribution in [1.82, 2.24) is 0 Å². The lowest BCUT2D eigenvalue weighted by Gasteiger charge is -2.32. The predicted octanol–water partition coefficient (Wildman–Crippen LogP) is 2.16. The molecule has 1 aliphatic carbocycles. The molecule has 1 aromatic carbocycles. The third kappa shape index (κ3) is 2.61. The fraction of sp³-hybridized carbons (Fsp3) is 0.625. The van der Waals surface area contributed by atoms with Crippen molar-refractivity contribution in [3.63, 3.8) is 0 Å². The molecule has 2 aliphatic rings. The molecule has 1 spiro atoms. The van der Waals surface area contributed by atoms with Crippen LogP contribution < -0.4 is 0 Å². The molecule has 1 aromatic rings. The van der Waals surface area contributed by atoms with Crippen LogP contribution in [-0.2, 0) is 9.47 Å². The average molecular weight is 278 g/mol. The monoisotopic (exact) mass is 278 g/mol. The Labute approximate surface area is 119 Å². The van der Waals surface area contributed by atoms with E-state index in [1.807, 2.05) is 30.3 Å². The van der Waals surface area contributed by atoms with Crippen molar-refractivity contribution >= 4 is 0 Å². The second-order valence-electron chi connectivity index (χ2n) is 5.75. The van der Waals surface area contributed by atoms with Gasteiger partial charge in [0.1, 0.15) is 18.3 Å². The lowest BCUT2D eigenvalue weighted by Crippen LogP contribution is -2.34. The maximum atomic E-state index is 10.5. The van der Waals surface area contributed by atoms with Gasteiger partial charge in [-0.1, -0.05) is 36.8 Å². The van der Waals surface area contributed by atoms with E-state index in [-0.39, 0.29) is 6.61 Å². The quantitative estimate of drug-likeness (QED) is 0.889. The van der Waals surface area contributed by atoms with E-state index in [4.69, 9.17) is 9.47 Å². The van der Waals surface area contributed by atoms with E-state index >= 15 is 0 Å². The van der Waals surface area contributed by atoms with Crippen LogP contribution in [0.5, 0.6) is 0 Å². The molecule has 3 rings (SSSR count). The fourth-order valence-corrected chi connectivity index (χ4v) is 3.27. The Kier molecular flexibility index (Phi) is 4.08. The van der Waals surface area contributed by atoms with Gasteiger partial charge in [-0.3, -0.25) is 0 Å². The first-order chi connectivity index (χ1) is 9.74. The third-order valence-electron chi connectivity index (χ3n) is 4.33. The molecule has 1 saturated carbocycles. The Morgan fingerprint density at radius 3 is 2.45 bits per heavy atom. The van der Waals surface area contributed by atoms with Gasteiger partial charge in [0.2, 0.25) is 0 Å². The van der Waals surface area contributed by atoms with E-state index in [9.17, 15) is 10.2 Å². The zero-order valence-corrected chi connectivity index (χ0v) is 11.6. The summed E-state index contributed by atoms with van der Waals surface area (Å²) in [4.78, 5) is 0. The number of ether oxygens (including phenoxy) is 2. The topological polar surface area (TPSA) is 58.9 Å². The normalized spacial score (nSPS) is 30.5. The number of benzene rings is 1. The summed E-state index contributed by atoms with van der Waals surface area (Å²) in [5, 5.41) is 20.0. The minimum atomic E-state index is -0.769. The van der Waals surface area contributed by atoms with Gasteiger partial charge in [0.15, 0.2) is 5.79 Å². The summed E-state index contributed by atoms with van der Waals surface area (Å²) in [6, 6.07) is 9.43. The highest BCUT2D eigenvalue weighted by Gasteiger charge is 2.50. The number of rotatable bonds is 3. The zero-order valence-electron chi connectivity index (χ0n) is 11.6. The molecule has 1 aliphatic heterocycles. The maximum absolute atomic E-state index is 10.5. The molecule has 4 nitrogen and oxygen atoms in total. The fourth-order valence-electron chi connectivity index (χ4n) is 3.27. The van der Waals surface area contributed by atoms with Gasteiger partial charge in [-0.25, -0.2) is 0 Å². The molecule has 3 atom stereocenters. The van der Waals surface area contributed by atoms with E-state index in [1.54, 1.807) is 0 Å². The number of hydrogen-bond acceptors (Lipinski definition) is 4. The molecule has 0 amide bonds. The van der Waals surface area contributed by atoms with Crippen LogP contribution in [0.1, 0.15) is 43.8 Å². The molecule has 0 bridgehead atoms. The van der Waals surface area contributed by atoms with E-state index in [1.165, 1.54) is 6.42 Å². The number of hydrogen-bond donors (Lipinski definition) is 2. The first-order valence-corrected chi connectivity index (χ1v) is 7.44. The van der Waals surface area contributed by atoms with Crippen molar-refractivity contribution in [2.75, 3.05) is 6.61 Å². The van der Waals surface area contributed by atoms with Gasteiger partial charge >= 0.3 is 0 Å². The Bertz CT molecular complexity index is 427. The standard InChI is InChI=1S/C16H22O4/c17-11-13-15(14(18)12-7-3-1-4-8-12)20-16(19-13)9-5-2-6-10-16/h1,3-4,7-8,13-15,17-18H,2,5-6,9-11H2/t13-,14-,15-/m0/s1.